The summed E-state index contributed by atoms with van der Waals surface area (Å²) in [6.45, 7) is 9.62. The Hall–Kier alpha value is -3.26. The number of fused-ring (bicyclic) bond motifs is 6. The monoisotopic (exact) mass is 460 g/mol. The van der Waals surface area contributed by atoms with Crippen LogP contribution in [0.3, 0.4) is 0 Å². The van der Waals surface area contributed by atoms with E-state index in [4.69, 9.17) is 0 Å². The zero-order valence-electron chi connectivity index (χ0n) is 21.8. The second-order valence-electron chi connectivity index (χ2n) is 11.7. The molecule has 0 aliphatic carbocycles. The molecule has 0 saturated carbocycles. The summed E-state index contributed by atoms with van der Waals surface area (Å²) in [5.41, 5.74) is 5.86. The van der Waals surface area contributed by atoms with Crippen LogP contribution >= 0.6 is 0 Å². The third-order valence-electron chi connectivity index (χ3n) is 9.03. The van der Waals surface area contributed by atoms with E-state index in [-0.39, 0.29) is 10.8 Å². The molecule has 0 radical (unpaired) electrons. The highest BCUT2D eigenvalue weighted by Gasteiger charge is 2.44. The van der Waals surface area contributed by atoms with Gasteiger partial charge in [0.1, 0.15) is 0 Å². The first-order chi connectivity index (χ1) is 16.7. The molecule has 178 valence electrons. The van der Waals surface area contributed by atoms with Crippen LogP contribution in [-0.2, 0) is 10.8 Å². The molecule has 4 aromatic carbocycles. The fourth-order valence-corrected chi connectivity index (χ4v) is 7.07. The summed E-state index contributed by atoms with van der Waals surface area (Å²) in [4.78, 5) is 5.04. The number of nitrogens with zero attached hydrogens (tertiary/aromatic N) is 2. The van der Waals surface area contributed by atoms with Gasteiger partial charge >= 0.3 is 0 Å². The number of anilines is 2. The van der Waals surface area contributed by atoms with Crippen LogP contribution in [-0.4, -0.2) is 26.2 Å². The first-order valence-electron chi connectivity index (χ1n) is 12.9. The van der Waals surface area contributed by atoms with Crippen molar-refractivity contribution in [3.63, 3.8) is 0 Å². The second kappa shape index (κ2) is 7.62. The summed E-state index contributed by atoms with van der Waals surface area (Å²) < 4.78 is 0. The number of hydrogen-bond donors (Lipinski definition) is 0. The average Bonchev–Trinajstić information content (AvgIpc) is 3.17. The van der Waals surface area contributed by atoms with Crippen LogP contribution in [0.5, 0.6) is 0 Å². The van der Waals surface area contributed by atoms with Crippen molar-refractivity contribution in [1.29, 1.82) is 0 Å². The van der Waals surface area contributed by atoms with Gasteiger partial charge in [0.15, 0.2) is 0 Å². The van der Waals surface area contributed by atoms with E-state index in [1.165, 1.54) is 44.0 Å². The van der Waals surface area contributed by atoms with E-state index in [1.807, 2.05) is 0 Å². The lowest BCUT2D eigenvalue weighted by molar-refractivity contribution is 0.428. The normalized spacial score (nSPS) is 22.3. The lowest BCUT2D eigenvalue weighted by Gasteiger charge is -2.33. The molecule has 6 rings (SSSR count). The third kappa shape index (κ3) is 3.08. The lowest BCUT2D eigenvalue weighted by Crippen LogP contribution is -2.39. The number of benzene rings is 4. The predicted octanol–water partition coefficient (Wildman–Crippen LogP) is 7.83. The number of likely N-dealkylation sites (N-methyl/N-ethyl adjacent to an activating group) is 2. The van der Waals surface area contributed by atoms with Crippen LogP contribution in [0.2, 0.25) is 0 Å². The molecule has 0 amide bonds. The lowest BCUT2D eigenvalue weighted by atomic mass is 9.78. The molecule has 4 aromatic rings. The zero-order chi connectivity index (χ0) is 24.5. The standard InChI is InChI=1S/C33H36N2/c1-32(2)26-20-18-22-12-7-9-14-24(22)30(26)34(5)28(32)16-11-17-29-33(3,4)27-21-19-23-13-8-10-15-25(23)31(27)35(29)6/h7-16,18-21,28-29H,17H2,1-6H3. The average molecular weight is 461 g/mol. The van der Waals surface area contributed by atoms with Crippen LogP contribution < -0.4 is 9.80 Å². The largest absolute Gasteiger partial charge is 0.370 e. The minimum absolute atomic E-state index is 0.0564. The first-order valence-corrected chi connectivity index (χ1v) is 12.9. The van der Waals surface area contributed by atoms with Crippen molar-refractivity contribution in [2.45, 2.75) is 57.0 Å². The van der Waals surface area contributed by atoms with Crippen LogP contribution in [0, 0.1) is 0 Å². The van der Waals surface area contributed by atoms with Gasteiger partial charge in [-0.05, 0) is 28.3 Å². The molecular weight excluding hydrogens is 424 g/mol. The minimum atomic E-state index is 0.0564. The van der Waals surface area contributed by atoms with Crippen molar-refractivity contribution in [2.75, 3.05) is 23.9 Å². The molecule has 2 nitrogen and oxygen atoms in total. The smallest absolute Gasteiger partial charge is 0.0562 e. The van der Waals surface area contributed by atoms with E-state index >= 15 is 0 Å². The van der Waals surface area contributed by atoms with Gasteiger partial charge in [-0.2, -0.15) is 0 Å². The highest BCUT2D eigenvalue weighted by molar-refractivity contribution is 5.99. The Labute approximate surface area is 209 Å². The minimum Gasteiger partial charge on any atom is -0.370 e. The Bertz CT molecular complexity index is 1480. The van der Waals surface area contributed by atoms with Crippen molar-refractivity contribution in [3.8, 4) is 0 Å². The summed E-state index contributed by atoms with van der Waals surface area (Å²) in [7, 11) is 4.55. The van der Waals surface area contributed by atoms with Crippen molar-refractivity contribution in [3.05, 3.63) is 96.1 Å². The molecule has 0 N–H and O–H groups in total. The van der Waals surface area contributed by atoms with E-state index in [0.717, 1.165) is 6.42 Å². The molecule has 2 unspecified atom stereocenters. The van der Waals surface area contributed by atoms with Crippen molar-refractivity contribution >= 4 is 32.9 Å². The molecule has 0 bridgehead atoms. The van der Waals surface area contributed by atoms with Gasteiger partial charge in [-0.15, -0.1) is 0 Å². The first kappa shape index (κ1) is 22.2. The van der Waals surface area contributed by atoms with E-state index in [2.05, 4.69) is 137 Å². The fraction of sp³-hybridized carbons (Fsp3) is 0.333. The Morgan fingerprint density at radius 1 is 0.657 bits per heavy atom. The van der Waals surface area contributed by atoms with Gasteiger partial charge in [-0.3, -0.25) is 0 Å². The zero-order valence-corrected chi connectivity index (χ0v) is 21.8. The van der Waals surface area contributed by atoms with Gasteiger partial charge in [0.25, 0.3) is 0 Å². The van der Waals surface area contributed by atoms with Gasteiger partial charge in [0, 0.05) is 53.1 Å². The third-order valence-corrected chi connectivity index (χ3v) is 9.03. The van der Waals surface area contributed by atoms with E-state index < -0.39 is 0 Å². The van der Waals surface area contributed by atoms with Gasteiger partial charge < -0.3 is 9.80 Å². The maximum absolute atomic E-state index is 2.54. The SMILES string of the molecule is CN1c2c(ccc3ccccc23)C(C)(C)C1C=CCC1N(C)c2c(ccc3ccccc23)C1(C)C. The maximum Gasteiger partial charge on any atom is 0.0562 e. The van der Waals surface area contributed by atoms with E-state index in [0.29, 0.717) is 12.1 Å². The summed E-state index contributed by atoms with van der Waals surface area (Å²) in [6.07, 6.45) is 5.96. The summed E-state index contributed by atoms with van der Waals surface area (Å²) in [5, 5.41) is 5.36. The number of hydrogen-bond acceptors (Lipinski definition) is 2. The van der Waals surface area contributed by atoms with Gasteiger partial charge in [-0.1, -0.05) is 113 Å². The maximum atomic E-state index is 2.54. The molecule has 2 heterocycles. The van der Waals surface area contributed by atoms with Crippen molar-refractivity contribution in [1.82, 2.24) is 0 Å². The van der Waals surface area contributed by atoms with E-state index in [9.17, 15) is 0 Å². The number of rotatable bonds is 3. The molecule has 0 fully saturated rings. The Kier molecular flexibility index (Phi) is 4.84. The fourth-order valence-electron chi connectivity index (χ4n) is 7.07. The second-order valence-corrected chi connectivity index (χ2v) is 11.7. The Morgan fingerprint density at radius 2 is 1.17 bits per heavy atom. The molecule has 35 heavy (non-hydrogen) atoms. The van der Waals surface area contributed by atoms with Crippen molar-refractivity contribution in [2.24, 2.45) is 0 Å². The quantitative estimate of drug-likeness (QED) is 0.287. The highest BCUT2D eigenvalue weighted by Crippen LogP contribution is 2.50. The highest BCUT2D eigenvalue weighted by atomic mass is 15.2. The molecule has 2 aliphatic heterocycles. The summed E-state index contributed by atoms with van der Waals surface area (Å²) in [6, 6.07) is 27.6. The van der Waals surface area contributed by atoms with E-state index in [1.54, 1.807) is 0 Å². The molecule has 2 heteroatoms. The predicted molar refractivity (Wildman–Crippen MR) is 152 cm³/mol. The summed E-state index contributed by atoms with van der Waals surface area (Å²) >= 11 is 0. The van der Waals surface area contributed by atoms with Crippen LogP contribution in [0.25, 0.3) is 21.5 Å². The van der Waals surface area contributed by atoms with Crippen molar-refractivity contribution < 1.29 is 0 Å². The van der Waals surface area contributed by atoms with Gasteiger partial charge in [0.2, 0.25) is 0 Å². The summed E-state index contributed by atoms with van der Waals surface area (Å²) in [5.74, 6) is 0. The molecule has 0 spiro atoms. The van der Waals surface area contributed by atoms with Crippen LogP contribution in [0.15, 0.2) is 84.9 Å². The van der Waals surface area contributed by atoms with Crippen LogP contribution in [0.4, 0.5) is 11.4 Å². The molecule has 0 aromatic heterocycles. The van der Waals surface area contributed by atoms with Crippen LogP contribution in [0.1, 0.15) is 45.2 Å². The van der Waals surface area contributed by atoms with Gasteiger partial charge in [-0.25, -0.2) is 0 Å². The molecule has 2 aliphatic rings. The molecule has 0 saturated heterocycles. The Balaban J connectivity index is 1.31. The Morgan fingerprint density at radius 3 is 1.77 bits per heavy atom. The molecular formula is C33H36N2. The topological polar surface area (TPSA) is 6.48 Å². The molecule has 2 atom stereocenters. The van der Waals surface area contributed by atoms with Gasteiger partial charge in [0.05, 0.1) is 6.04 Å².